The highest BCUT2D eigenvalue weighted by atomic mass is 35.5. The number of carbonyl (C=O) groups excluding carboxylic acids is 2. The summed E-state index contributed by atoms with van der Waals surface area (Å²) in [5.74, 6) is 3.34. The van der Waals surface area contributed by atoms with E-state index in [1.165, 1.54) is 0 Å². The molecule has 1 amide bonds. The van der Waals surface area contributed by atoms with Gasteiger partial charge in [0, 0.05) is 47.1 Å². The fourth-order valence-corrected chi connectivity index (χ4v) is 8.13. The van der Waals surface area contributed by atoms with Crippen molar-refractivity contribution in [2.24, 2.45) is 36.6 Å². The second-order valence-corrected chi connectivity index (χ2v) is 11.8. The van der Waals surface area contributed by atoms with Crippen molar-refractivity contribution in [3.05, 3.63) is 10.7 Å². The highest BCUT2D eigenvalue weighted by Gasteiger charge is 2.54. The third-order valence-corrected chi connectivity index (χ3v) is 9.38. The Bertz CT molecular complexity index is 922. The number of nitrogens with zero attached hydrogens (tertiary/aromatic N) is 4. The summed E-state index contributed by atoms with van der Waals surface area (Å²) in [4.78, 5) is 28.9. The quantitative estimate of drug-likeness (QED) is 0.635. The Morgan fingerprint density at radius 1 is 1.18 bits per heavy atom. The van der Waals surface area contributed by atoms with Crippen LogP contribution in [0.3, 0.4) is 0 Å². The summed E-state index contributed by atoms with van der Waals surface area (Å²) in [6.07, 6.45) is 7.41. The lowest BCUT2D eigenvalue weighted by Gasteiger charge is -2.58. The van der Waals surface area contributed by atoms with Gasteiger partial charge < -0.3 is 14.9 Å². The van der Waals surface area contributed by atoms with E-state index in [9.17, 15) is 14.7 Å². The molecule has 5 fully saturated rings. The molecular formula is C25H37ClN4O3. The molecule has 1 aliphatic heterocycles. The molecule has 0 spiro atoms. The average molecular weight is 477 g/mol. The molecule has 1 aromatic heterocycles. The zero-order valence-electron chi connectivity index (χ0n) is 20.1. The Morgan fingerprint density at radius 3 is 2.39 bits per heavy atom. The molecule has 182 valence electrons. The SMILES string of the molecule is CC(=O)N1CCC(CN(C)c2c(Cl)c(C(=O)CC3C4CC5CC3CC(O)(C5)C4)nn2C)CC1. The van der Waals surface area contributed by atoms with Crippen LogP contribution in [0.15, 0.2) is 0 Å². The van der Waals surface area contributed by atoms with Crippen molar-refractivity contribution in [3.8, 4) is 0 Å². The molecule has 1 N–H and O–H groups in total. The van der Waals surface area contributed by atoms with Crippen molar-refractivity contribution in [1.29, 1.82) is 0 Å². The first-order valence-corrected chi connectivity index (χ1v) is 13.0. The summed E-state index contributed by atoms with van der Waals surface area (Å²) < 4.78 is 1.74. The van der Waals surface area contributed by atoms with Crippen molar-refractivity contribution < 1.29 is 14.7 Å². The molecule has 2 unspecified atom stereocenters. The van der Waals surface area contributed by atoms with Crippen LogP contribution < -0.4 is 4.90 Å². The molecule has 2 heterocycles. The lowest BCUT2D eigenvalue weighted by atomic mass is 9.49. The predicted octanol–water partition coefficient (Wildman–Crippen LogP) is 3.53. The van der Waals surface area contributed by atoms with Crippen LogP contribution in [0.5, 0.6) is 0 Å². The lowest BCUT2D eigenvalue weighted by molar-refractivity contribution is -0.151. The van der Waals surface area contributed by atoms with E-state index in [-0.39, 0.29) is 11.7 Å². The summed E-state index contributed by atoms with van der Waals surface area (Å²) in [6.45, 7) is 4.06. The molecule has 4 saturated carbocycles. The highest BCUT2D eigenvalue weighted by Crippen LogP contribution is 2.59. The van der Waals surface area contributed by atoms with Crippen LogP contribution in [-0.2, 0) is 11.8 Å². The summed E-state index contributed by atoms with van der Waals surface area (Å²) in [7, 11) is 3.86. The van der Waals surface area contributed by atoms with Gasteiger partial charge in [0.05, 0.1) is 5.60 Å². The number of rotatable bonds is 6. The molecule has 4 aliphatic carbocycles. The molecular weight excluding hydrogens is 440 g/mol. The Labute approximate surface area is 201 Å². The van der Waals surface area contributed by atoms with Crippen LogP contribution in [0, 0.1) is 29.6 Å². The Hall–Kier alpha value is -1.60. The Morgan fingerprint density at radius 2 is 1.82 bits per heavy atom. The number of aromatic nitrogens is 2. The first-order chi connectivity index (χ1) is 15.6. The number of ketones is 1. The average Bonchev–Trinajstić information content (AvgIpc) is 3.04. The zero-order chi connectivity index (χ0) is 23.5. The summed E-state index contributed by atoms with van der Waals surface area (Å²) in [5.41, 5.74) is -0.0882. The number of hydrogen-bond acceptors (Lipinski definition) is 5. The lowest BCUT2D eigenvalue weighted by Crippen LogP contribution is -2.54. The van der Waals surface area contributed by atoms with E-state index in [1.54, 1.807) is 11.6 Å². The van der Waals surface area contributed by atoms with E-state index in [0.717, 1.165) is 70.4 Å². The number of hydrogen-bond donors (Lipinski definition) is 1. The molecule has 0 aromatic carbocycles. The Balaban J connectivity index is 1.24. The number of anilines is 1. The van der Waals surface area contributed by atoms with Crippen molar-refractivity contribution in [1.82, 2.24) is 14.7 Å². The third kappa shape index (κ3) is 4.31. The number of carbonyl (C=O) groups is 2. The molecule has 33 heavy (non-hydrogen) atoms. The minimum absolute atomic E-state index is 0.0366. The second kappa shape index (κ2) is 8.56. The van der Waals surface area contributed by atoms with Crippen LogP contribution in [0.1, 0.15) is 68.8 Å². The first-order valence-electron chi connectivity index (χ1n) is 12.6. The van der Waals surface area contributed by atoms with Gasteiger partial charge in [-0.2, -0.15) is 5.10 Å². The maximum Gasteiger partial charge on any atom is 0.219 e. The van der Waals surface area contributed by atoms with Gasteiger partial charge in [-0.15, -0.1) is 0 Å². The summed E-state index contributed by atoms with van der Waals surface area (Å²) in [5, 5.41) is 15.8. The van der Waals surface area contributed by atoms with Gasteiger partial charge in [0.15, 0.2) is 5.78 Å². The standard InChI is InChI=1S/C25H37ClN4O3/c1-15(31)30-6-4-16(5-7-30)14-28(2)24-22(26)23(27-29(24)3)21(32)10-20-18-8-17-9-19(20)13-25(33,11-17)12-18/h16-20,33H,4-14H2,1-3H3. The van der Waals surface area contributed by atoms with Gasteiger partial charge in [-0.1, -0.05) is 11.6 Å². The van der Waals surface area contributed by atoms with Crippen LogP contribution in [0.25, 0.3) is 0 Å². The van der Waals surface area contributed by atoms with E-state index in [4.69, 9.17) is 11.6 Å². The largest absolute Gasteiger partial charge is 0.390 e. The number of aryl methyl sites for hydroxylation is 1. The normalized spacial score (nSPS) is 33.5. The molecule has 0 radical (unpaired) electrons. The third-order valence-electron chi connectivity index (χ3n) is 9.04. The molecule has 7 nitrogen and oxygen atoms in total. The van der Waals surface area contributed by atoms with Crippen LogP contribution in [0.4, 0.5) is 5.82 Å². The van der Waals surface area contributed by atoms with E-state index in [1.807, 2.05) is 19.0 Å². The van der Waals surface area contributed by atoms with E-state index in [2.05, 4.69) is 10.00 Å². The smallest absolute Gasteiger partial charge is 0.219 e. The number of amides is 1. The number of likely N-dealkylation sites (tertiary alicyclic amines) is 1. The first kappa shape index (κ1) is 23.2. The van der Waals surface area contributed by atoms with Gasteiger partial charge in [-0.05, 0) is 74.5 Å². The van der Waals surface area contributed by atoms with Crippen molar-refractivity contribution >= 4 is 29.1 Å². The summed E-state index contributed by atoms with van der Waals surface area (Å²) in [6, 6.07) is 0. The highest BCUT2D eigenvalue weighted by molar-refractivity contribution is 6.36. The van der Waals surface area contributed by atoms with Gasteiger partial charge in [-0.3, -0.25) is 14.3 Å². The number of Topliss-reactive ketones (excluding diaryl/α,β-unsaturated/α-hetero) is 1. The number of aliphatic hydroxyl groups is 1. The fraction of sp³-hybridized carbons (Fsp3) is 0.800. The number of halogens is 1. The minimum atomic E-state index is -0.477. The second-order valence-electron chi connectivity index (χ2n) is 11.4. The molecule has 2 atom stereocenters. The number of piperidine rings is 1. The summed E-state index contributed by atoms with van der Waals surface area (Å²) >= 11 is 6.75. The van der Waals surface area contributed by atoms with E-state index in [0.29, 0.717) is 46.7 Å². The molecule has 1 aromatic rings. The maximum atomic E-state index is 13.3. The van der Waals surface area contributed by atoms with E-state index < -0.39 is 5.60 Å². The molecule has 6 rings (SSSR count). The van der Waals surface area contributed by atoms with Gasteiger partial charge in [-0.25, -0.2) is 0 Å². The van der Waals surface area contributed by atoms with Gasteiger partial charge in [0.2, 0.25) is 5.91 Å². The van der Waals surface area contributed by atoms with Gasteiger partial charge in [0.25, 0.3) is 0 Å². The van der Waals surface area contributed by atoms with Crippen molar-refractivity contribution in [2.75, 3.05) is 31.6 Å². The van der Waals surface area contributed by atoms with Crippen molar-refractivity contribution in [3.63, 3.8) is 0 Å². The van der Waals surface area contributed by atoms with Crippen molar-refractivity contribution in [2.45, 2.75) is 63.9 Å². The predicted molar refractivity (Wildman–Crippen MR) is 127 cm³/mol. The molecule has 5 aliphatic rings. The van der Waals surface area contributed by atoms with Crippen LogP contribution >= 0.6 is 11.6 Å². The van der Waals surface area contributed by atoms with Gasteiger partial charge >= 0.3 is 0 Å². The maximum absolute atomic E-state index is 13.3. The monoisotopic (exact) mass is 476 g/mol. The van der Waals surface area contributed by atoms with Gasteiger partial charge in [0.1, 0.15) is 16.5 Å². The zero-order valence-corrected chi connectivity index (χ0v) is 20.9. The van der Waals surface area contributed by atoms with Crippen LogP contribution in [-0.4, -0.2) is 63.8 Å². The Kier molecular flexibility index (Phi) is 6.01. The van der Waals surface area contributed by atoms with E-state index >= 15 is 0 Å². The fourth-order valence-electron chi connectivity index (χ4n) is 7.72. The molecule has 1 saturated heterocycles. The molecule has 8 heteroatoms. The minimum Gasteiger partial charge on any atom is -0.390 e. The van der Waals surface area contributed by atoms with Crippen LogP contribution in [0.2, 0.25) is 5.02 Å². The topological polar surface area (TPSA) is 78.7 Å². The molecule has 4 bridgehead atoms.